The van der Waals surface area contributed by atoms with Gasteiger partial charge < -0.3 is 10.2 Å². The van der Waals surface area contributed by atoms with Crippen LogP contribution in [0.3, 0.4) is 0 Å². The molecular weight excluding hydrogens is 419 g/mol. The molecule has 0 bridgehead atoms. The van der Waals surface area contributed by atoms with Crippen LogP contribution in [0, 0.1) is 6.92 Å². The first-order valence-corrected chi connectivity index (χ1v) is 9.86. The van der Waals surface area contributed by atoms with E-state index in [9.17, 15) is 4.79 Å². The minimum absolute atomic E-state index is 0.309. The predicted molar refractivity (Wildman–Crippen MR) is 114 cm³/mol. The highest BCUT2D eigenvalue weighted by atomic mass is 35.5. The molecule has 1 aromatic carbocycles. The van der Waals surface area contributed by atoms with Crippen LogP contribution in [-0.4, -0.2) is 21.8 Å². The average Bonchev–Trinajstić information content (AvgIpc) is 3.07. The number of hydrogen-bond acceptors (Lipinski definition) is 6. The van der Waals surface area contributed by atoms with Crippen molar-refractivity contribution in [1.29, 1.82) is 0 Å². The number of fused-ring (bicyclic) bond motifs is 1. The maximum Gasteiger partial charge on any atom is 0.293 e. The van der Waals surface area contributed by atoms with Gasteiger partial charge in [0.05, 0.1) is 20.6 Å². The number of anilines is 2. The van der Waals surface area contributed by atoms with E-state index >= 15 is 0 Å². The molecule has 0 aliphatic carbocycles. The predicted octanol–water partition coefficient (Wildman–Crippen LogP) is 4.94. The van der Waals surface area contributed by atoms with Crippen LogP contribution in [0.5, 0.6) is 0 Å². The highest BCUT2D eigenvalue weighted by Gasteiger charge is 2.18. The third-order valence-electron chi connectivity index (χ3n) is 4.21. The van der Waals surface area contributed by atoms with E-state index in [1.54, 1.807) is 41.8 Å². The molecule has 9 heteroatoms. The van der Waals surface area contributed by atoms with Gasteiger partial charge in [-0.05, 0) is 42.1 Å². The zero-order chi connectivity index (χ0) is 19.8. The molecule has 0 aliphatic rings. The van der Waals surface area contributed by atoms with E-state index in [1.807, 2.05) is 18.4 Å². The summed E-state index contributed by atoms with van der Waals surface area (Å²) < 4.78 is 1.11. The normalized spacial score (nSPS) is 11.0. The van der Waals surface area contributed by atoms with Crippen molar-refractivity contribution in [2.45, 2.75) is 6.92 Å². The first-order chi connectivity index (χ1) is 13.5. The van der Waals surface area contributed by atoms with Crippen LogP contribution in [0.4, 0.5) is 10.9 Å². The standard InChI is InChI=1S/C19H14Cl2N4O2S/c1-10-6-7-28-17(10)24-19-22-9-11-8-12(15-13(20)4-3-5-14(15)21)18(26)25(27-2)16(11)23-19/h3-9H,1-2H3,(H,22,23,24). The Bertz CT molecular complexity index is 1230. The molecule has 4 rings (SSSR count). The Labute approximate surface area is 174 Å². The van der Waals surface area contributed by atoms with E-state index in [0.29, 0.717) is 38.2 Å². The summed E-state index contributed by atoms with van der Waals surface area (Å²) in [6, 6.07) is 8.74. The lowest BCUT2D eigenvalue weighted by atomic mass is 10.1. The minimum Gasteiger partial charge on any atom is -0.412 e. The SMILES string of the molecule is COn1c(=O)c(-c2c(Cl)cccc2Cl)cc2cnc(Nc3sccc3C)nc21. The summed E-state index contributed by atoms with van der Waals surface area (Å²) in [6.07, 6.45) is 1.62. The Morgan fingerprint density at radius 1 is 1.21 bits per heavy atom. The second kappa shape index (κ2) is 7.43. The second-order valence-corrected chi connectivity index (χ2v) is 7.70. The molecule has 0 radical (unpaired) electrons. The number of rotatable bonds is 4. The molecule has 0 fully saturated rings. The van der Waals surface area contributed by atoms with E-state index in [0.717, 1.165) is 15.3 Å². The molecule has 0 saturated carbocycles. The number of hydrogen-bond donors (Lipinski definition) is 1. The van der Waals surface area contributed by atoms with Crippen LogP contribution in [0.25, 0.3) is 22.2 Å². The van der Waals surface area contributed by atoms with Crippen molar-refractivity contribution in [1.82, 2.24) is 14.7 Å². The molecule has 3 heterocycles. The number of nitrogens with zero attached hydrogens (tertiary/aromatic N) is 3. The number of aryl methyl sites for hydroxylation is 1. The maximum atomic E-state index is 13.0. The number of pyridine rings is 1. The van der Waals surface area contributed by atoms with Gasteiger partial charge in [0.25, 0.3) is 5.56 Å². The van der Waals surface area contributed by atoms with Gasteiger partial charge in [0.1, 0.15) is 7.11 Å². The summed E-state index contributed by atoms with van der Waals surface area (Å²) in [5, 5.41) is 7.43. The lowest BCUT2D eigenvalue weighted by Crippen LogP contribution is -2.27. The number of nitrogens with one attached hydrogen (secondary N) is 1. The fraction of sp³-hybridized carbons (Fsp3) is 0.105. The lowest BCUT2D eigenvalue weighted by molar-refractivity contribution is 0.168. The van der Waals surface area contributed by atoms with E-state index in [2.05, 4.69) is 15.3 Å². The van der Waals surface area contributed by atoms with Gasteiger partial charge in [-0.2, -0.15) is 4.98 Å². The highest BCUT2D eigenvalue weighted by Crippen LogP contribution is 2.34. The topological polar surface area (TPSA) is 69.0 Å². The van der Waals surface area contributed by atoms with Crippen LogP contribution in [0.1, 0.15) is 5.56 Å². The summed E-state index contributed by atoms with van der Waals surface area (Å²) in [4.78, 5) is 27.2. The van der Waals surface area contributed by atoms with Gasteiger partial charge in [0.2, 0.25) is 5.95 Å². The van der Waals surface area contributed by atoms with Crippen LogP contribution in [0.2, 0.25) is 10.0 Å². The molecule has 0 spiro atoms. The van der Waals surface area contributed by atoms with Crippen molar-refractivity contribution < 1.29 is 4.84 Å². The summed E-state index contributed by atoms with van der Waals surface area (Å²) in [6.45, 7) is 1.99. The number of aromatic nitrogens is 3. The van der Waals surface area contributed by atoms with Crippen LogP contribution < -0.4 is 15.7 Å². The molecule has 0 amide bonds. The maximum absolute atomic E-state index is 13.0. The summed E-state index contributed by atoms with van der Waals surface area (Å²) in [7, 11) is 1.40. The fourth-order valence-electron chi connectivity index (χ4n) is 2.84. The van der Waals surface area contributed by atoms with Gasteiger partial charge in [-0.25, -0.2) is 4.98 Å². The summed E-state index contributed by atoms with van der Waals surface area (Å²) >= 11 is 14.1. The molecule has 0 atom stereocenters. The van der Waals surface area contributed by atoms with E-state index in [4.69, 9.17) is 28.0 Å². The first-order valence-electron chi connectivity index (χ1n) is 8.22. The van der Waals surface area contributed by atoms with Gasteiger partial charge in [0.15, 0.2) is 5.65 Å². The number of thiophene rings is 1. The average molecular weight is 433 g/mol. The Morgan fingerprint density at radius 2 is 1.96 bits per heavy atom. The first kappa shape index (κ1) is 18.7. The number of benzene rings is 1. The zero-order valence-electron chi connectivity index (χ0n) is 14.9. The van der Waals surface area contributed by atoms with E-state index in [-0.39, 0.29) is 0 Å². The Morgan fingerprint density at radius 3 is 2.61 bits per heavy atom. The number of halogens is 2. The molecule has 6 nitrogen and oxygen atoms in total. The van der Waals surface area contributed by atoms with Crippen LogP contribution in [-0.2, 0) is 0 Å². The molecular formula is C19H14Cl2N4O2S. The zero-order valence-corrected chi connectivity index (χ0v) is 17.2. The van der Waals surface area contributed by atoms with Gasteiger partial charge in [0, 0.05) is 17.1 Å². The van der Waals surface area contributed by atoms with Gasteiger partial charge in [-0.15, -0.1) is 16.1 Å². The van der Waals surface area contributed by atoms with Crippen molar-refractivity contribution in [2.24, 2.45) is 0 Å². The molecule has 28 heavy (non-hydrogen) atoms. The lowest BCUT2D eigenvalue weighted by Gasteiger charge is -2.13. The third-order valence-corrected chi connectivity index (χ3v) is 5.77. The second-order valence-electron chi connectivity index (χ2n) is 5.97. The van der Waals surface area contributed by atoms with Crippen LogP contribution >= 0.6 is 34.5 Å². The van der Waals surface area contributed by atoms with E-state index < -0.39 is 5.56 Å². The van der Waals surface area contributed by atoms with Crippen molar-refractivity contribution in [3.63, 3.8) is 0 Å². The molecule has 1 N–H and O–H groups in total. The van der Waals surface area contributed by atoms with Gasteiger partial charge >= 0.3 is 0 Å². The Balaban J connectivity index is 1.90. The monoisotopic (exact) mass is 432 g/mol. The van der Waals surface area contributed by atoms with Crippen molar-refractivity contribution >= 4 is 56.5 Å². The fourth-order valence-corrected chi connectivity index (χ4v) is 4.25. The molecule has 142 valence electrons. The molecule has 0 aliphatic heterocycles. The van der Waals surface area contributed by atoms with Crippen molar-refractivity contribution in [3.8, 4) is 11.1 Å². The van der Waals surface area contributed by atoms with Gasteiger partial charge in [-0.3, -0.25) is 4.79 Å². The van der Waals surface area contributed by atoms with E-state index in [1.165, 1.54) is 7.11 Å². The quantitative estimate of drug-likeness (QED) is 0.494. The minimum atomic E-state index is -0.415. The molecule has 0 saturated heterocycles. The van der Waals surface area contributed by atoms with Crippen LogP contribution in [0.15, 0.2) is 46.7 Å². The summed E-state index contributed by atoms with van der Waals surface area (Å²) in [5.74, 6) is 0.367. The largest absolute Gasteiger partial charge is 0.412 e. The summed E-state index contributed by atoms with van der Waals surface area (Å²) in [5.41, 5.74) is 1.76. The Kier molecular flexibility index (Phi) is 4.97. The smallest absolute Gasteiger partial charge is 0.293 e. The molecule has 4 aromatic rings. The van der Waals surface area contributed by atoms with Gasteiger partial charge in [-0.1, -0.05) is 29.3 Å². The Hall–Kier alpha value is -2.61. The van der Waals surface area contributed by atoms with Crippen molar-refractivity contribution in [2.75, 3.05) is 12.4 Å². The van der Waals surface area contributed by atoms with Crippen molar-refractivity contribution in [3.05, 3.63) is 67.9 Å². The highest BCUT2D eigenvalue weighted by molar-refractivity contribution is 7.14. The molecule has 0 unspecified atom stereocenters. The third kappa shape index (κ3) is 3.22. The molecule has 3 aromatic heterocycles.